The van der Waals surface area contributed by atoms with Crippen LogP contribution in [0.2, 0.25) is 0 Å². The van der Waals surface area contributed by atoms with E-state index in [9.17, 15) is 102 Å². The number of hydrogen-bond acceptors (Lipinski definition) is 32. The molecule has 9 aliphatic rings. The summed E-state index contributed by atoms with van der Waals surface area (Å²) in [6, 6.07) is 26.8. The summed E-state index contributed by atoms with van der Waals surface area (Å²) in [7, 11) is -9.14. The fourth-order valence-corrected chi connectivity index (χ4v) is 22.9. The van der Waals surface area contributed by atoms with Gasteiger partial charge in [0.15, 0.2) is 0 Å². The van der Waals surface area contributed by atoms with Crippen molar-refractivity contribution in [2.45, 2.75) is 176 Å². The Balaban J connectivity index is 0.000000198. The van der Waals surface area contributed by atoms with Crippen LogP contribution in [0.1, 0.15) is 92.9 Å². The quantitative estimate of drug-likeness (QED) is 0.0102. The smallest absolute Gasteiger partial charge is 0.363 e. The van der Waals surface area contributed by atoms with E-state index in [1.54, 1.807) is 55.6 Å². The minimum absolute atomic E-state index is 0.00712. The number of aliphatic hydroxyl groups is 2. The molecule has 16 atom stereocenters. The molecule has 14 rings (SSSR count). The van der Waals surface area contributed by atoms with Crippen LogP contribution in [0, 0.1) is 33.8 Å². The van der Waals surface area contributed by atoms with Crippen molar-refractivity contribution in [2.75, 3.05) is 47.3 Å². The van der Waals surface area contributed by atoms with E-state index in [2.05, 4.69) is 38.8 Å². The minimum Gasteiger partial charge on any atom is -0.481 e. The second kappa shape index (κ2) is 43.3. The van der Waals surface area contributed by atoms with Crippen LogP contribution in [0.5, 0.6) is 0 Å². The molecule has 0 aromatic heterocycles. The normalized spacial score (nSPS) is 25.1. The van der Waals surface area contributed by atoms with Gasteiger partial charge in [0.25, 0.3) is 11.7 Å². The lowest BCUT2D eigenvalue weighted by Crippen LogP contribution is -2.63. The number of aliphatic hydroxyl groups excluding tert-OH is 2. The Hall–Kier alpha value is -9.16. The van der Waals surface area contributed by atoms with Crippen LogP contribution >= 0.6 is 47.9 Å². The molecule has 2 bridgehead atoms. The van der Waals surface area contributed by atoms with Gasteiger partial charge in [-0.15, -0.1) is 23.5 Å². The van der Waals surface area contributed by atoms with Crippen molar-refractivity contribution in [3.63, 3.8) is 0 Å². The number of β-lactam (4-membered cyclic amide) rings is 2. The van der Waals surface area contributed by atoms with E-state index in [1.165, 1.54) is 107 Å². The van der Waals surface area contributed by atoms with Crippen molar-refractivity contribution in [3.8, 4) is 0 Å². The number of likely N-dealkylation sites (tertiary alicyclic amines) is 3. The maximum Gasteiger partial charge on any atom is 0.363 e. The Morgan fingerprint density at radius 3 is 1.31 bits per heavy atom. The van der Waals surface area contributed by atoms with Gasteiger partial charge in [-0.1, -0.05) is 74.1 Å². The third-order valence-electron chi connectivity index (χ3n) is 22.5. The SMILES string of the molecule is CC(=O)O.CN1C[C@@H](S)C[C@H]1C(=O)NCc1ccc(S(N)(=O)=O)cc1.CN1C[C@@H]2C[C@H]1C(=O)S2.C[C@@H](O)[C@H]1C(=O)N2C(C(=O)O)=C(S[C@@H]3CN[C@H](C(=O)NCc4ccc(S(N)(=O)=O)cc4)C3)[C@H](C)[C@H]12.C[C@@H](O)[C@H]1C(=O)N2C(C(=O)OC(=O)c3ccc([N+](=O)[O-])cc3)=C(S[C@H]3C[C@@H](C(=O)NCc4ccc(S(N)(=O)=O)cc4)N(C)C3)[C@H](C)[C@H]12.NCc1ccc(S(N)(=O)=O)cc1. The maximum atomic E-state index is 13.5. The number of carboxylic acids is 2. The van der Waals surface area contributed by atoms with Crippen LogP contribution in [0.4, 0.5) is 5.69 Å². The van der Waals surface area contributed by atoms with Gasteiger partial charge in [0.05, 0.1) is 90.4 Å². The van der Waals surface area contributed by atoms with Crippen LogP contribution < -0.4 is 47.6 Å². The van der Waals surface area contributed by atoms with Crippen molar-refractivity contribution in [1.29, 1.82) is 0 Å². The number of likely N-dealkylation sites (N-methyl/N-ethyl adjacent to an activating group) is 3. The highest BCUT2D eigenvalue weighted by atomic mass is 32.2. The molecule has 9 aliphatic heterocycles. The lowest BCUT2D eigenvalue weighted by atomic mass is 9.79. The van der Waals surface area contributed by atoms with Crippen LogP contribution in [0.25, 0.3) is 0 Å². The first kappa shape index (κ1) is 103. The number of carbonyl (C=O) groups excluding carboxylic acids is 8. The number of nitro benzene ring substituents is 1. The number of hydrogen-bond donors (Lipinski definition) is 14. The molecular formula is C80H103N15O25S8. The van der Waals surface area contributed by atoms with Gasteiger partial charge in [-0.05, 0) is 144 Å². The number of sulfonamides is 4. The molecule has 7 fully saturated rings. The average Bonchev–Trinajstić information content (AvgIpc) is 1.55. The number of nitrogens with one attached hydrogen (secondary N) is 4. The summed E-state index contributed by atoms with van der Waals surface area (Å²) < 4.78 is 94.7. The highest BCUT2D eigenvalue weighted by molar-refractivity contribution is 8.14. The number of thiol groups is 1. The highest BCUT2D eigenvalue weighted by Crippen LogP contribution is 2.54. The number of rotatable bonds is 24. The molecule has 696 valence electrons. The van der Waals surface area contributed by atoms with E-state index in [0.29, 0.717) is 70.3 Å². The third-order valence-corrected chi connectivity index (χ3v) is 30.7. The van der Waals surface area contributed by atoms with Crippen LogP contribution in [0.3, 0.4) is 0 Å². The number of nitro groups is 1. The van der Waals surface area contributed by atoms with Crippen molar-refractivity contribution >= 4 is 152 Å². The molecule has 0 unspecified atom stereocenters. The van der Waals surface area contributed by atoms with Gasteiger partial charge in [-0.2, -0.15) is 12.6 Å². The van der Waals surface area contributed by atoms with Gasteiger partial charge in [-0.25, -0.2) is 68.6 Å². The summed E-state index contributed by atoms with van der Waals surface area (Å²) in [5.41, 5.74) is 7.96. The Morgan fingerprint density at radius 2 is 0.953 bits per heavy atom. The summed E-state index contributed by atoms with van der Waals surface area (Å²) >= 11 is 8.62. The Kier molecular flexibility index (Phi) is 34.7. The Bertz CT molecular complexity index is 5570. The van der Waals surface area contributed by atoms with Gasteiger partial charge >= 0.3 is 17.9 Å². The Morgan fingerprint density at radius 1 is 0.562 bits per heavy atom. The molecule has 0 saturated carbocycles. The molecule has 5 aromatic rings. The number of nitrogens with zero attached hydrogens (tertiary/aromatic N) is 6. The standard InChI is InChI=1S/C30H33N5O10S2.C22H28N4O7S2.C13H19N3O3S2.C7H10N2O2S.C6H9NOS.C2H4O2/c1-15-24-23(16(2)36)28(38)34(24)25(30(40)45-29(39)18-6-8-19(9-7-18)35(41)42)26(15)46-20-12-22(33(3)14-20)27(37)32-13-17-4-10-21(11-5-17)47(31,43)44;1-10-17-16(11(2)27)21(29)26(17)18(22(30)31)19(10)34-13-7-15(24-9-13)20(28)25-8-12-3-5-14(6-4-12)35(23,32)33;1-16-8-10(20)6-12(16)13(17)15-7-9-2-4-11(5-3-9)21(14,18)19;8-5-6-1-3-7(4-2-6)12(9,10)11;1-7-3-4-2-5(7)6(8)9-4;1-2(3)4/h4-11,15-16,20,22-24,36H,12-14H2,1-3H3,(H,32,37)(H2,31,43,44);3-6,10-11,13,15-17,24,27H,7-9H2,1-2H3,(H,25,28)(H,30,31)(H2,23,32,33);2-5,10,12,20H,6-8H2,1H3,(H,15,17)(H2,14,18,19);1-4H,5,8H2,(H2,9,10,11);4-5H,2-3H2,1H3;1H3,(H,3,4)/t15-,16-,20+,22+,23-,24-;10-,11-,13+,15+,16-,17-;10-,12-;;4-,5-;/m110.0./s1. The molecule has 128 heavy (non-hydrogen) atoms. The van der Waals surface area contributed by atoms with Crippen molar-refractivity contribution in [2.24, 2.45) is 50.0 Å². The fourth-order valence-electron chi connectivity index (χ4n) is 15.9. The average molecular weight is 1930 g/mol. The lowest BCUT2D eigenvalue weighted by Gasteiger charge is -2.46. The number of aliphatic carboxylic acids is 2. The largest absolute Gasteiger partial charge is 0.481 e. The van der Waals surface area contributed by atoms with E-state index >= 15 is 0 Å². The first-order valence-electron chi connectivity index (χ1n) is 39.8. The highest BCUT2D eigenvalue weighted by Gasteiger charge is 2.62. The molecule has 48 heteroatoms. The Labute approximate surface area is 757 Å². The molecule has 0 radical (unpaired) electrons. The number of fused-ring (bicyclic) bond motifs is 4. The maximum absolute atomic E-state index is 13.5. The number of benzene rings is 5. The molecule has 9 heterocycles. The first-order chi connectivity index (χ1) is 59.8. The predicted octanol–water partition coefficient (Wildman–Crippen LogP) is 0.853. The zero-order valence-electron chi connectivity index (χ0n) is 70.5. The molecule has 0 aliphatic carbocycles. The molecule has 40 nitrogen and oxygen atoms in total. The van der Waals surface area contributed by atoms with Crippen molar-refractivity contribution < 1.29 is 112 Å². The van der Waals surface area contributed by atoms with Crippen LogP contribution in [-0.4, -0.2) is 259 Å². The zero-order valence-corrected chi connectivity index (χ0v) is 77.1. The third kappa shape index (κ3) is 25.7. The van der Waals surface area contributed by atoms with Gasteiger partial charge in [-0.3, -0.25) is 58.4 Å². The molecule has 0 spiro atoms. The van der Waals surface area contributed by atoms with E-state index < -0.39 is 117 Å². The number of non-ortho nitro benzene ring substituents is 1. The second-order valence-electron chi connectivity index (χ2n) is 31.8. The van der Waals surface area contributed by atoms with E-state index in [1.807, 2.05) is 37.7 Å². The number of carboxylic acid groups (broad SMARTS) is 2. The number of ether oxygens (including phenoxy) is 1. The topological polar surface area (TPSA) is 635 Å². The minimum atomic E-state index is -3.84. The summed E-state index contributed by atoms with van der Waals surface area (Å²) in [5, 5.41) is 81.2. The van der Waals surface area contributed by atoms with Crippen LogP contribution in [0.15, 0.2) is 162 Å². The van der Waals surface area contributed by atoms with Gasteiger partial charge < -0.3 is 62.0 Å². The van der Waals surface area contributed by atoms with Crippen LogP contribution in [-0.2, 0) is 114 Å². The fraction of sp³-hybridized carbons (Fsp3) is 0.450. The lowest BCUT2D eigenvalue weighted by molar-refractivity contribution is -0.384. The number of amides is 5. The molecule has 5 amide bonds. The van der Waals surface area contributed by atoms with Gasteiger partial charge in [0, 0.05) is 114 Å². The summed E-state index contributed by atoms with van der Waals surface area (Å²) in [6.07, 6.45) is 0.868. The van der Waals surface area contributed by atoms with Crippen molar-refractivity contribution in [3.05, 3.63) is 180 Å². The molecule has 5 aromatic carbocycles. The molecule has 18 N–H and O–H groups in total. The van der Waals surface area contributed by atoms with E-state index in [0.717, 1.165) is 68.2 Å². The molecule has 7 saturated heterocycles. The van der Waals surface area contributed by atoms with Crippen molar-refractivity contribution in [1.82, 2.24) is 45.8 Å². The zero-order chi connectivity index (χ0) is 94.8. The predicted molar refractivity (Wildman–Crippen MR) is 475 cm³/mol. The number of nitrogens with two attached hydrogens (primary N) is 5. The first-order valence-corrected chi connectivity index (χ1v) is 49.1. The number of carbonyl (C=O) groups is 10. The van der Waals surface area contributed by atoms with E-state index in [4.69, 9.17) is 40.9 Å². The molecular weight excluding hydrogens is 1830 g/mol. The monoisotopic (exact) mass is 1930 g/mol. The number of primary sulfonamides is 4. The number of thioether (sulfide) groups is 3. The van der Waals surface area contributed by atoms with Gasteiger partial charge in [0.2, 0.25) is 74.7 Å². The van der Waals surface area contributed by atoms with Gasteiger partial charge in [0.1, 0.15) is 11.4 Å². The van der Waals surface area contributed by atoms with E-state index in [-0.39, 0.29) is 125 Å². The summed E-state index contributed by atoms with van der Waals surface area (Å²) in [4.78, 5) is 142. The summed E-state index contributed by atoms with van der Waals surface area (Å²) in [6.45, 7) is 11.8. The summed E-state index contributed by atoms with van der Waals surface area (Å²) in [5.74, 6) is -7.43. The number of esters is 2. The second-order valence-corrected chi connectivity index (χ2v) is 42.8.